The van der Waals surface area contributed by atoms with Crippen molar-refractivity contribution in [1.29, 1.82) is 0 Å². The van der Waals surface area contributed by atoms with E-state index < -0.39 is 0 Å². The van der Waals surface area contributed by atoms with Gasteiger partial charge in [0.2, 0.25) is 0 Å². The Labute approximate surface area is 125 Å². The molecule has 1 aliphatic carbocycles. The summed E-state index contributed by atoms with van der Waals surface area (Å²) in [7, 11) is 0. The van der Waals surface area contributed by atoms with E-state index in [9.17, 15) is 0 Å². The molecule has 1 atom stereocenters. The molecule has 1 aromatic rings. The van der Waals surface area contributed by atoms with Gasteiger partial charge >= 0.3 is 0 Å². The van der Waals surface area contributed by atoms with Crippen molar-refractivity contribution in [2.45, 2.75) is 56.9 Å². The first-order valence-corrected chi connectivity index (χ1v) is 8.43. The van der Waals surface area contributed by atoms with E-state index in [1.807, 2.05) is 37.9 Å². The van der Waals surface area contributed by atoms with Crippen LogP contribution in [-0.4, -0.2) is 22.1 Å². The molecule has 1 fully saturated rings. The fourth-order valence-corrected chi connectivity index (χ4v) is 3.91. The molecule has 20 heavy (non-hydrogen) atoms. The van der Waals surface area contributed by atoms with E-state index in [0.717, 1.165) is 22.3 Å². The minimum absolute atomic E-state index is 0.129. The van der Waals surface area contributed by atoms with Gasteiger partial charge in [0.05, 0.1) is 18.3 Å². The van der Waals surface area contributed by atoms with Crippen LogP contribution in [-0.2, 0) is 0 Å². The predicted octanol–water partition coefficient (Wildman–Crippen LogP) is 3.05. The van der Waals surface area contributed by atoms with Crippen molar-refractivity contribution in [3.8, 4) is 5.75 Å². The summed E-state index contributed by atoms with van der Waals surface area (Å²) in [5.41, 5.74) is 4.00. The molecular weight excluding hydrogens is 270 g/mol. The maximum Gasteiger partial charge on any atom is 0.138 e. The fraction of sp³-hybridized carbons (Fsp3) is 0.667. The van der Waals surface area contributed by atoms with Crippen LogP contribution in [0.15, 0.2) is 18.5 Å². The smallest absolute Gasteiger partial charge is 0.138 e. The SMILES string of the molecule is CC(C)Oc1cncc(C(CSC2CCCC2)NN)c1. The van der Waals surface area contributed by atoms with Gasteiger partial charge in [0.25, 0.3) is 0 Å². The molecule has 5 heteroatoms. The second kappa shape index (κ2) is 7.86. The first-order chi connectivity index (χ1) is 9.69. The molecule has 0 aliphatic heterocycles. The second-order valence-electron chi connectivity index (χ2n) is 5.58. The molecule has 112 valence electrons. The molecule has 2 rings (SSSR count). The van der Waals surface area contributed by atoms with Gasteiger partial charge in [-0.15, -0.1) is 0 Å². The Morgan fingerprint density at radius 1 is 1.40 bits per heavy atom. The van der Waals surface area contributed by atoms with Crippen molar-refractivity contribution < 1.29 is 4.74 Å². The van der Waals surface area contributed by atoms with Crippen LogP contribution < -0.4 is 16.0 Å². The number of nitrogens with two attached hydrogens (primary N) is 1. The summed E-state index contributed by atoms with van der Waals surface area (Å²) in [6.07, 6.45) is 9.21. The Bertz CT molecular complexity index is 408. The molecular formula is C15H25N3OS. The third kappa shape index (κ3) is 4.65. The molecule has 4 nitrogen and oxygen atoms in total. The van der Waals surface area contributed by atoms with E-state index in [1.54, 1.807) is 6.20 Å². The highest BCUT2D eigenvalue weighted by Crippen LogP contribution is 2.32. The number of pyridine rings is 1. The van der Waals surface area contributed by atoms with Gasteiger partial charge in [0.15, 0.2) is 0 Å². The zero-order valence-electron chi connectivity index (χ0n) is 12.3. The Balaban J connectivity index is 1.95. The number of hydrazine groups is 1. The van der Waals surface area contributed by atoms with Crippen LogP contribution in [0.5, 0.6) is 5.75 Å². The Hall–Kier alpha value is -0.780. The Kier molecular flexibility index (Phi) is 6.13. The first kappa shape index (κ1) is 15.6. The summed E-state index contributed by atoms with van der Waals surface area (Å²) in [5.74, 6) is 7.50. The summed E-state index contributed by atoms with van der Waals surface area (Å²) in [6.45, 7) is 4.03. The van der Waals surface area contributed by atoms with Gasteiger partial charge in [-0.1, -0.05) is 12.8 Å². The maximum atomic E-state index is 5.71. The molecule has 3 N–H and O–H groups in total. The highest BCUT2D eigenvalue weighted by molar-refractivity contribution is 7.99. The Morgan fingerprint density at radius 2 is 2.15 bits per heavy atom. The van der Waals surface area contributed by atoms with Crippen LogP contribution in [0.25, 0.3) is 0 Å². The molecule has 1 unspecified atom stereocenters. The molecule has 0 saturated heterocycles. The van der Waals surface area contributed by atoms with E-state index in [4.69, 9.17) is 10.6 Å². The topological polar surface area (TPSA) is 60.2 Å². The maximum absolute atomic E-state index is 5.71. The van der Waals surface area contributed by atoms with Crippen LogP contribution >= 0.6 is 11.8 Å². The molecule has 0 aromatic carbocycles. The summed E-state index contributed by atoms with van der Waals surface area (Å²) in [6, 6.07) is 2.16. The first-order valence-electron chi connectivity index (χ1n) is 7.38. The predicted molar refractivity (Wildman–Crippen MR) is 84.8 cm³/mol. The van der Waals surface area contributed by atoms with Crippen LogP contribution in [0.4, 0.5) is 0 Å². The number of thioether (sulfide) groups is 1. The lowest BCUT2D eigenvalue weighted by Crippen LogP contribution is -2.30. The van der Waals surface area contributed by atoms with Crippen molar-refractivity contribution in [1.82, 2.24) is 10.4 Å². The summed E-state index contributed by atoms with van der Waals surface area (Å²) in [4.78, 5) is 4.26. The highest BCUT2D eigenvalue weighted by Gasteiger charge is 2.18. The van der Waals surface area contributed by atoms with E-state index in [1.165, 1.54) is 25.7 Å². The van der Waals surface area contributed by atoms with Crippen molar-refractivity contribution >= 4 is 11.8 Å². The minimum Gasteiger partial charge on any atom is -0.489 e. The number of rotatable bonds is 7. The van der Waals surface area contributed by atoms with Crippen LogP contribution in [0.3, 0.4) is 0 Å². The quantitative estimate of drug-likeness (QED) is 0.598. The van der Waals surface area contributed by atoms with Gasteiger partial charge in [0.1, 0.15) is 5.75 Å². The average Bonchev–Trinajstić information content (AvgIpc) is 2.92. The zero-order valence-corrected chi connectivity index (χ0v) is 13.2. The van der Waals surface area contributed by atoms with E-state index >= 15 is 0 Å². The molecule has 1 heterocycles. The fourth-order valence-electron chi connectivity index (χ4n) is 2.49. The summed E-state index contributed by atoms with van der Waals surface area (Å²) >= 11 is 2.02. The number of aromatic nitrogens is 1. The summed E-state index contributed by atoms with van der Waals surface area (Å²) < 4.78 is 5.69. The normalized spacial score (nSPS) is 17.6. The van der Waals surface area contributed by atoms with Crippen molar-refractivity contribution in [3.05, 3.63) is 24.0 Å². The van der Waals surface area contributed by atoms with Gasteiger partial charge in [-0.05, 0) is 38.3 Å². The Morgan fingerprint density at radius 3 is 2.80 bits per heavy atom. The summed E-state index contributed by atoms with van der Waals surface area (Å²) in [5, 5.41) is 0.800. The largest absolute Gasteiger partial charge is 0.489 e. The average molecular weight is 295 g/mol. The van der Waals surface area contributed by atoms with Crippen molar-refractivity contribution in [2.75, 3.05) is 5.75 Å². The number of nitrogens with one attached hydrogen (secondary N) is 1. The van der Waals surface area contributed by atoms with E-state index in [-0.39, 0.29) is 12.1 Å². The van der Waals surface area contributed by atoms with Crippen LogP contribution in [0.2, 0.25) is 0 Å². The molecule has 0 amide bonds. The molecule has 1 aliphatic rings. The van der Waals surface area contributed by atoms with Gasteiger partial charge in [-0.2, -0.15) is 11.8 Å². The molecule has 1 aromatic heterocycles. The second-order valence-corrected chi connectivity index (χ2v) is 6.91. The molecule has 0 spiro atoms. The number of hydrogen-bond donors (Lipinski definition) is 2. The number of nitrogens with zero attached hydrogens (tertiary/aromatic N) is 1. The third-order valence-electron chi connectivity index (χ3n) is 3.51. The molecule has 0 bridgehead atoms. The van der Waals surface area contributed by atoms with Gasteiger partial charge < -0.3 is 4.74 Å². The zero-order chi connectivity index (χ0) is 14.4. The highest BCUT2D eigenvalue weighted by atomic mass is 32.2. The van der Waals surface area contributed by atoms with Gasteiger partial charge in [-0.25, -0.2) is 0 Å². The molecule has 1 saturated carbocycles. The van der Waals surface area contributed by atoms with Crippen LogP contribution in [0, 0.1) is 0 Å². The van der Waals surface area contributed by atoms with E-state index in [2.05, 4.69) is 10.4 Å². The van der Waals surface area contributed by atoms with Gasteiger partial charge in [0, 0.05) is 17.2 Å². The van der Waals surface area contributed by atoms with Gasteiger partial charge in [-0.3, -0.25) is 16.3 Å². The van der Waals surface area contributed by atoms with Crippen molar-refractivity contribution in [3.63, 3.8) is 0 Å². The number of ether oxygens (including phenoxy) is 1. The van der Waals surface area contributed by atoms with Crippen LogP contribution in [0.1, 0.15) is 51.1 Å². The standard InChI is InChI=1S/C15H25N3OS/c1-11(2)19-13-7-12(8-17-9-13)15(18-16)10-20-14-5-3-4-6-14/h7-9,11,14-15,18H,3-6,10,16H2,1-2H3. The lowest BCUT2D eigenvalue weighted by atomic mass is 10.1. The van der Waals surface area contributed by atoms with Crippen molar-refractivity contribution in [2.24, 2.45) is 5.84 Å². The molecule has 0 radical (unpaired) electrons. The minimum atomic E-state index is 0.129. The van der Waals surface area contributed by atoms with E-state index in [0.29, 0.717) is 0 Å². The lowest BCUT2D eigenvalue weighted by Gasteiger charge is -2.19. The third-order valence-corrected chi connectivity index (χ3v) is 4.98. The number of hydrogen-bond acceptors (Lipinski definition) is 5. The lowest BCUT2D eigenvalue weighted by molar-refractivity contribution is 0.241. The monoisotopic (exact) mass is 295 g/mol.